The predicted molar refractivity (Wildman–Crippen MR) is 71.0 cm³/mol. The van der Waals surface area contributed by atoms with Gasteiger partial charge in [-0.05, 0) is 50.5 Å². The van der Waals surface area contributed by atoms with Crippen molar-refractivity contribution in [1.29, 1.82) is 0 Å². The Bertz CT molecular complexity index is 531. The first-order valence-electron chi connectivity index (χ1n) is 6.40. The molecule has 0 spiro atoms. The first-order valence-corrected chi connectivity index (χ1v) is 6.40. The number of rotatable bonds is 5. The second kappa shape index (κ2) is 5.93. The van der Waals surface area contributed by atoms with Gasteiger partial charge in [-0.3, -0.25) is 0 Å². The molecule has 0 saturated carbocycles. The Balaban J connectivity index is 2.07. The van der Waals surface area contributed by atoms with Gasteiger partial charge >= 0.3 is 0 Å². The summed E-state index contributed by atoms with van der Waals surface area (Å²) in [6.45, 7) is 3.80. The van der Waals surface area contributed by atoms with Gasteiger partial charge in [0.15, 0.2) is 0 Å². The minimum Gasteiger partial charge on any atom is -0.339 e. The van der Waals surface area contributed by atoms with E-state index in [1.807, 2.05) is 19.9 Å². The average molecular weight is 263 g/mol. The summed E-state index contributed by atoms with van der Waals surface area (Å²) < 4.78 is 18.5. The molecule has 1 heterocycles. The van der Waals surface area contributed by atoms with Gasteiger partial charge in [-0.15, -0.1) is 0 Å². The highest BCUT2D eigenvalue weighted by molar-refractivity contribution is 5.55. The monoisotopic (exact) mass is 263 g/mol. The normalized spacial score (nSPS) is 12.6. The molecule has 1 aromatic carbocycles. The Morgan fingerprint density at radius 1 is 1.37 bits per heavy atom. The van der Waals surface area contributed by atoms with Crippen molar-refractivity contribution >= 4 is 0 Å². The molecule has 1 unspecified atom stereocenters. The summed E-state index contributed by atoms with van der Waals surface area (Å²) in [5, 5.41) is 3.88. The number of nitrogens with two attached hydrogens (primary N) is 1. The topological polar surface area (TPSA) is 64.9 Å². The zero-order chi connectivity index (χ0) is 13.8. The Labute approximate surface area is 111 Å². The van der Waals surface area contributed by atoms with E-state index >= 15 is 0 Å². The highest BCUT2D eigenvalue weighted by atomic mass is 19.1. The van der Waals surface area contributed by atoms with Crippen LogP contribution in [0, 0.1) is 12.7 Å². The standard InChI is InChI=1S/C14H18FN3O/c1-9-6-11(8-12(15)7-9)14-17-13(19-18-14)5-3-4-10(2)16/h6-8,10H,3-5,16H2,1-2H3. The van der Waals surface area contributed by atoms with Gasteiger partial charge in [-0.25, -0.2) is 4.39 Å². The molecular weight excluding hydrogens is 245 g/mol. The lowest BCUT2D eigenvalue weighted by molar-refractivity contribution is 0.373. The molecule has 102 valence electrons. The largest absolute Gasteiger partial charge is 0.339 e. The van der Waals surface area contributed by atoms with E-state index in [1.165, 1.54) is 12.1 Å². The number of aromatic nitrogens is 2. The second-order valence-electron chi connectivity index (χ2n) is 4.90. The summed E-state index contributed by atoms with van der Waals surface area (Å²) in [5.41, 5.74) is 7.15. The van der Waals surface area contributed by atoms with E-state index in [0.717, 1.165) is 18.4 Å². The van der Waals surface area contributed by atoms with E-state index in [-0.39, 0.29) is 11.9 Å². The summed E-state index contributed by atoms with van der Waals surface area (Å²) in [7, 11) is 0. The highest BCUT2D eigenvalue weighted by Gasteiger charge is 2.10. The molecule has 0 bridgehead atoms. The van der Waals surface area contributed by atoms with Crippen molar-refractivity contribution in [3.05, 3.63) is 35.5 Å². The zero-order valence-electron chi connectivity index (χ0n) is 11.2. The fourth-order valence-corrected chi connectivity index (χ4v) is 1.91. The SMILES string of the molecule is Cc1cc(F)cc(-c2noc(CCCC(C)N)n2)c1. The van der Waals surface area contributed by atoms with E-state index in [1.54, 1.807) is 0 Å². The van der Waals surface area contributed by atoms with Crippen LogP contribution in [0.3, 0.4) is 0 Å². The number of benzene rings is 1. The van der Waals surface area contributed by atoms with Crippen molar-refractivity contribution in [1.82, 2.24) is 10.1 Å². The van der Waals surface area contributed by atoms with Crippen LogP contribution in [0.1, 0.15) is 31.2 Å². The van der Waals surface area contributed by atoms with Crippen molar-refractivity contribution in [2.75, 3.05) is 0 Å². The van der Waals surface area contributed by atoms with Crippen LogP contribution in [0.25, 0.3) is 11.4 Å². The maximum Gasteiger partial charge on any atom is 0.226 e. The summed E-state index contributed by atoms with van der Waals surface area (Å²) in [4.78, 5) is 4.27. The Morgan fingerprint density at radius 3 is 2.84 bits per heavy atom. The minimum atomic E-state index is -0.293. The maximum absolute atomic E-state index is 13.3. The van der Waals surface area contributed by atoms with Crippen LogP contribution < -0.4 is 5.73 Å². The van der Waals surface area contributed by atoms with Crippen molar-refractivity contribution in [3.63, 3.8) is 0 Å². The van der Waals surface area contributed by atoms with Crippen LogP contribution in [-0.4, -0.2) is 16.2 Å². The summed E-state index contributed by atoms with van der Waals surface area (Å²) in [5.74, 6) is 0.703. The van der Waals surface area contributed by atoms with Crippen molar-refractivity contribution in [2.45, 2.75) is 39.2 Å². The lowest BCUT2D eigenvalue weighted by Crippen LogP contribution is -2.14. The lowest BCUT2D eigenvalue weighted by atomic mass is 10.1. The third-order valence-corrected chi connectivity index (χ3v) is 2.82. The molecule has 0 aliphatic carbocycles. The first kappa shape index (κ1) is 13.7. The van der Waals surface area contributed by atoms with Crippen molar-refractivity contribution in [3.8, 4) is 11.4 Å². The minimum absolute atomic E-state index is 0.174. The molecule has 1 aromatic heterocycles. The number of nitrogens with zero attached hydrogens (tertiary/aromatic N) is 2. The van der Waals surface area contributed by atoms with Gasteiger partial charge in [-0.1, -0.05) is 5.16 Å². The molecule has 5 heteroatoms. The number of aryl methyl sites for hydroxylation is 2. The number of hydrogen-bond donors (Lipinski definition) is 1. The van der Waals surface area contributed by atoms with Crippen LogP contribution in [0.2, 0.25) is 0 Å². The van der Waals surface area contributed by atoms with E-state index in [2.05, 4.69) is 10.1 Å². The smallest absolute Gasteiger partial charge is 0.226 e. The van der Waals surface area contributed by atoms with E-state index < -0.39 is 0 Å². The lowest BCUT2D eigenvalue weighted by Gasteiger charge is -2.01. The molecule has 0 radical (unpaired) electrons. The third-order valence-electron chi connectivity index (χ3n) is 2.82. The highest BCUT2D eigenvalue weighted by Crippen LogP contribution is 2.19. The van der Waals surface area contributed by atoms with E-state index in [4.69, 9.17) is 10.3 Å². The first-order chi connectivity index (χ1) is 9.04. The molecule has 1 atom stereocenters. The van der Waals surface area contributed by atoms with Gasteiger partial charge in [-0.2, -0.15) is 4.98 Å². The second-order valence-corrected chi connectivity index (χ2v) is 4.90. The van der Waals surface area contributed by atoms with Gasteiger partial charge in [0.05, 0.1) is 0 Å². The molecule has 0 saturated heterocycles. The van der Waals surface area contributed by atoms with Crippen LogP contribution in [-0.2, 0) is 6.42 Å². The molecule has 2 N–H and O–H groups in total. The molecule has 0 amide bonds. The van der Waals surface area contributed by atoms with E-state index in [0.29, 0.717) is 23.7 Å². The number of hydrogen-bond acceptors (Lipinski definition) is 4. The zero-order valence-corrected chi connectivity index (χ0v) is 11.2. The molecule has 4 nitrogen and oxygen atoms in total. The summed E-state index contributed by atoms with van der Waals surface area (Å²) in [6, 6.07) is 4.88. The molecule has 19 heavy (non-hydrogen) atoms. The summed E-state index contributed by atoms with van der Waals surface area (Å²) >= 11 is 0. The Hall–Kier alpha value is -1.75. The quantitative estimate of drug-likeness (QED) is 0.900. The van der Waals surface area contributed by atoms with Gasteiger partial charge in [0.2, 0.25) is 11.7 Å². The van der Waals surface area contributed by atoms with E-state index in [9.17, 15) is 4.39 Å². The fraction of sp³-hybridized carbons (Fsp3) is 0.429. The van der Waals surface area contributed by atoms with Crippen LogP contribution in [0.15, 0.2) is 22.7 Å². The van der Waals surface area contributed by atoms with Crippen LogP contribution >= 0.6 is 0 Å². The predicted octanol–water partition coefficient (Wildman–Crippen LogP) is 2.85. The molecule has 0 fully saturated rings. The molecule has 2 aromatic rings. The van der Waals surface area contributed by atoms with Crippen LogP contribution in [0.5, 0.6) is 0 Å². The van der Waals surface area contributed by atoms with Gasteiger partial charge in [0.25, 0.3) is 0 Å². The van der Waals surface area contributed by atoms with Crippen molar-refractivity contribution in [2.24, 2.45) is 5.73 Å². The maximum atomic E-state index is 13.3. The van der Waals surface area contributed by atoms with Gasteiger partial charge in [0, 0.05) is 18.0 Å². The molecule has 0 aliphatic heterocycles. The van der Waals surface area contributed by atoms with Crippen LogP contribution in [0.4, 0.5) is 4.39 Å². The fourth-order valence-electron chi connectivity index (χ4n) is 1.91. The third kappa shape index (κ3) is 3.86. The molecular formula is C14H18FN3O. The summed E-state index contributed by atoms with van der Waals surface area (Å²) in [6.07, 6.45) is 2.51. The van der Waals surface area contributed by atoms with Gasteiger partial charge < -0.3 is 10.3 Å². The van der Waals surface area contributed by atoms with Crippen molar-refractivity contribution < 1.29 is 8.91 Å². The van der Waals surface area contributed by atoms with Gasteiger partial charge in [0.1, 0.15) is 5.82 Å². The average Bonchev–Trinajstić information content (AvgIpc) is 2.76. The number of halogens is 1. The molecule has 2 rings (SSSR count). The Morgan fingerprint density at radius 2 is 2.16 bits per heavy atom. The Kier molecular flexibility index (Phi) is 4.27. The molecule has 0 aliphatic rings.